The number of amides is 1. The molecule has 4 nitrogen and oxygen atoms in total. The van der Waals surface area contributed by atoms with Gasteiger partial charge < -0.3 is 10.1 Å². The van der Waals surface area contributed by atoms with Gasteiger partial charge in [0.1, 0.15) is 11.4 Å². The van der Waals surface area contributed by atoms with Gasteiger partial charge >= 0.3 is 6.61 Å². The van der Waals surface area contributed by atoms with E-state index in [2.05, 4.69) is 16.6 Å². The zero-order chi connectivity index (χ0) is 15.4. The summed E-state index contributed by atoms with van der Waals surface area (Å²) in [6.45, 7) is 1.02. The van der Waals surface area contributed by atoms with Crippen molar-refractivity contribution >= 4 is 29.3 Å². The normalized spacial score (nSPS) is 16.5. The average molecular weight is 310 g/mol. The van der Waals surface area contributed by atoms with Gasteiger partial charge in [0.05, 0.1) is 0 Å². The summed E-state index contributed by atoms with van der Waals surface area (Å²) >= 11 is 5.05. The van der Waals surface area contributed by atoms with Crippen LogP contribution in [0.15, 0.2) is 42.6 Å². The second kappa shape index (κ2) is 6.45. The van der Waals surface area contributed by atoms with Gasteiger partial charge in [-0.15, -0.1) is 6.58 Å². The minimum atomic E-state index is -2.86. The molecule has 1 amide bonds. The molecule has 0 saturated carbocycles. The van der Waals surface area contributed by atoms with Crippen LogP contribution in [0.3, 0.4) is 0 Å². The van der Waals surface area contributed by atoms with Gasteiger partial charge in [-0.05, 0) is 36.0 Å². The second-order valence-electron chi connectivity index (χ2n) is 4.14. The van der Waals surface area contributed by atoms with Crippen molar-refractivity contribution in [2.24, 2.45) is 0 Å². The molecule has 0 radical (unpaired) electrons. The van der Waals surface area contributed by atoms with Crippen molar-refractivity contribution < 1.29 is 18.3 Å². The average Bonchev–Trinajstić information content (AvgIpc) is 2.69. The van der Waals surface area contributed by atoms with E-state index in [4.69, 9.17) is 12.2 Å². The van der Waals surface area contributed by atoms with E-state index in [1.54, 1.807) is 24.3 Å². The molecule has 2 rings (SSSR count). The number of benzene rings is 1. The van der Waals surface area contributed by atoms with Crippen LogP contribution in [0.2, 0.25) is 0 Å². The molecule has 21 heavy (non-hydrogen) atoms. The van der Waals surface area contributed by atoms with E-state index in [1.165, 1.54) is 17.0 Å². The Morgan fingerprint density at radius 1 is 1.38 bits per heavy atom. The number of nitrogens with one attached hydrogen (secondary N) is 1. The van der Waals surface area contributed by atoms with Gasteiger partial charge in [-0.2, -0.15) is 8.78 Å². The van der Waals surface area contributed by atoms with Crippen LogP contribution in [0.4, 0.5) is 8.78 Å². The van der Waals surface area contributed by atoms with Crippen LogP contribution >= 0.6 is 12.2 Å². The molecule has 1 aliphatic heterocycles. The van der Waals surface area contributed by atoms with Crippen LogP contribution in [-0.2, 0) is 4.79 Å². The van der Waals surface area contributed by atoms with Gasteiger partial charge in [-0.1, -0.05) is 18.2 Å². The number of hydrogen-bond donors (Lipinski definition) is 1. The van der Waals surface area contributed by atoms with Crippen LogP contribution in [0.1, 0.15) is 5.56 Å². The lowest BCUT2D eigenvalue weighted by Gasteiger charge is -2.09. The molecule has 0 aromatic heterocycles. The molecule has 1 aromatic carbocycles. The highest BCUT2D eigenvalue weighted by Crippen LogP contribution is 2.18. The number of alkyl halides is 2. The molecule has 1 aliphatic rings. The first-order chi connectivity index (χ1) is 10.0. The van der Waals surface area contributed by atoms with E-state index < -0.39 is 6.61 Å². The fourth-order valence-corrected chi connectivity index (χ4v) is 2.05. The number of carbonyl (C=O) groups is 1. The second-order valence-corrected chi connectivity index (χ2v) is 4.53. The Kier molecular flexibility index (Phi) is 4.64. The predicted molar refractivity (Wildman–Crippen MR) is 78.7 cm³/mol. The zero-order valence-electron chi connectivity index (χ0n) is 10.9. The van der Waals surface area contributed by atoms with Crippen LogP contribution in [0, 0.1) is 0 Å². The van der Waals surface area contributed by atoms with E-state index in [9.17, 15) is 13.6 Å². The maximum Gasteiger partial charge on any atom is 0.387 e. The standard InChI is InChI=1S/C14H12F2N2O2S/c1-2-7-18-12(19)11(17-14(18)21)8-9-3-5-10(6-4-9)20-13(15)16/h2-6,8,13H,1,7H2,(H,17,21)/b11-8-. The number of thiocarbonyl (C=S) groups is 1. The van der Waals surface area contributed by atoms with E-state index in [0.717, 1.165) is 0 Å². The number of nitrogens with zero attached hydrogens (tertiary/aromatic N) is 1. The third-order valence-electron chi connectivity index (χ3n) is 2.69. The Morgan fingerprint density at radius 2 is 2.05 bits per heavy atom. The SMILES string of the molecule is C=CCN1C(=O)/C(=C/c2ccc(OC(F)F)cc2)NC1=S. The summed E-state index contributed by atoms with van der Waals surface area (Å²) in [5.41, 5.74) is 0.986. The predicted octanol–water partition coefficient (Wildman–Crippen LogP) is 2.53. The molecular formula is C14H12F2N2O2S. The van der Waals surface area contributed by atoms with Gasteiger partial charge in [0.15, 0.2) is 5.11 Å². The van der Waals surface area contributed by atoms with Crippen LogP contribution in [0.25, 0.3) is 6.08 Å². The quantitative estimate of drug-likeness (QED) is 0.515. The van der Waals surface area contributed by atoms with Gasteiger partial charge in [-0.3, -0.25) is 9.69 Å². The number of hydrogen-bond acceptors (Lipinski definition) is 3. The first-order valence-corrected chi connectivity index (χ1v) is 6.42. The van der Waals surface area contributed by atoms with Crippen molar-refractivity contribution in [1.29, 1.82) is 0 Å². The third kappa shape index (κ3) is 3.63. The highest BCUT2D eigenvalue weighted by atomic mass is 32.1. The molecule has 0 unspecified atom stereocenters. The minimum absolute atomic E-state index is 0.0571. The van der Waals surface area contributed by atoms with Gasteiger partial charge in [0, 0.05) is 6.54 Å². The summed E-state index contributed by atoms with van der Waals surface area (Å²) in [5, 5.41) is 3.11. The zero-order valence-corrected chi connectivity index (χ0v) is 11.7. The number of ether oxygens (including phenoxy) is 1. The fourth-order valence-electron chi connectivity index (χ4n) is 1.78. The molecule has 0 atom stereocenters. The molecule has 0 spiro atoms. The number of rotatable bonds is 5. The summed E-state index contributed by atoms with van der Waals surface area (Å²) in [4.78, 5) is 13.4. The molecule has 1 heterocycles. The first-order valence-electron chi connectivity index (χ1n) is 6.01. The Bertz CT molecular complexity index is 599. The number of halogens is 2. The lowest BCUT2D eigenvalue weighted by Crippen LogP contribution is -2.30. The minimum Gasteiger partial charge on any atom is -0.435 e. The Hall–Kier alpha value is -2.28. The van der Waals surface area contributed by atoms with Crippen molar-refractivity contribution in [3.8, 4) is 5.75 Å². The summed E-state index contributed by atoms with van der Waals surface area (Å²) < 4.78 is 28.3. The highest BCUT2D eigenvalue weighted by molar-refractivity contribution is 7.80. The maximum atomic E-state index is 12.1. The Balaban J connectivity index is 2.15. The van der Waals surface area contributed by atoms with Crippen molar-refractivity contribution in [3.05, 3.63) is 48.2 Å². The molecule has 1 fully saturated rings. The van der Waals surface area contributed by atoms with E-state index in [-0.39, 0.29) is 11.7 Å². The van der Waals surface area contributed by atoms with Crippen molar-refractivity contribution in [1.82, 2.24) is 10.2 Å². The van der Waals surface area contributed by atoms with Gasteiger partial charge in [-0.25, -0.2) is 0 Å². The van der Waals surface area contributed by atoms with Crippen LogP contribution in [0.5, 0.6) is 5.75 Å². The van der Waals surface area contributed by atoms with Crippen LogP contribution < -0.4 is 10.1 Å². The lowest BCUT2D eigenvalue weighted by atomic mass is 10.2. The van der Waals surface area contributed by atoms with Crippen LogP contribution in [-0.4, -0.2) is 29.1 Å². The first kappa shape index (κ1) is 15.1. The molecule has 0 aliphatic carbocycles. The topological polar surface area (TPSA) is 41.6 Å². The summed E-state index contributed by atoms with van der Waals surface area (Å²) in [6, 6.07) is 5.94. The molecular weight excluding hydrogens is 298 g/mol. The largest absolute Gasteiger partial charge is 0.435 e. The molecule has 1 aromatic rings. The third-order valence-corrected chi connectivity index (χ3v) is 3.01. The van der Waals surface area contributed by atoms with E-state index in [0.29, 0.717) is 22.9 Å². The summed E-state index contributed by atoms with van der Waals surface area (Å²) in [7, 11) is 0. The molecule has 110 valence electrons. The molecule has 1 saturated heterocycles. The Morgan fingerprint density at radius 3 is 2.62 bits per heavy atom. The maximum absolute atomic E-state index is 12.1. The monoisotopic (exact) mass is 310 g/mol. The summed E-state index contributed by atoms with van der Waals surface area (Å²) in [5.74, 6) is -0.200. The van der Waals surface area contributed by atoms with E-state index in [1.807, 2.05) is 0 Å². The summed E-state index contributed by atoms with van der Waals surface area (Å²) in [6.07, 6.45) is 3.16. The Labute approximate surface area is 125 Å². The highest BCUT2D eigenvalue weighted by Gasteiger charge is 2.29. The molecule has 0 bridgehead atoms. The van der Waals surface area contributed by atoms with Gasteiger partial charge in [0.25, 0.3) is 5.91 Å². The number of carbonyl (C=O) groups excluding carboxylic acids is 1. The smallest absolute Gasteiger partial charge is 0.387 e. The lowest BCUT2D eigenvalue weighted by molar-refractivity contribution is -0.122. The van der Waals surface area contributed by atoms with Crippen molar-refractivity contribution in [3.63, 3.8) is 0 Å². The molecule has 1 N–H and O–H groups in total. The van der Waals surface area contributed by atoms with Gasteiger partial charge in [0.2, 0.25) is 0 Å². The van der Waals surface area contributed by atoms with Crippen molar-refractivity contribution in [2.75, 3.05) is 6.54 Å². The molecule has 7 heteroatoms. The fraction of sp³-hybridized carbons (Fsp3) is 0.143. The van der Waals surface area contributed by atoms with Crippen molar-refractivity contribution in [2.45, 2.75) is 6.61 Å². The van der Waals surface area contributed by atoms with E-state index >= 15 is 0 Å².